The lowest BCUT2D eigenvalue weighted by Crippen LogP contribution is -2.11. The number of fused-ring (bicyclic) bond motifs is 1. The standard InChI is InChI=1S/C13H10F3N5.H2/c1-21-6-8-4-7(2-3-10(8)20-21)11-5-9(13(14,15)16)12(17)19-18-11;/h2-6H,1H3,(H2,17,19);1H. The lowest BCUT2D eigenvalue weighted by atomic mass is 10.1. The minimum absolute atomic E-state index is 0. The SMILES string of the molecule is Cn1cc2cc(-c3cc(C(F)(F)F)c(N)nn3)ccc2n1.[HH]. The third-order valence-electron chi connectivity index (χ3n) is 3.04. The molecule has 110 valence electrons. The van der Waals surface area contributed by atoms with E-state index in [2.05, 4.69) is 15.3 Å². The first-order valence-electron chi connectivity index (χ1n) is 5.99. The Morgan fingerprint density at radius 3 is 2.67 bits per heavy atom. The summed E-state index contributed by atoms with van der Waals surface area (Å²) < 4.78 is 40.1. The monoisotopic (exact) mass is 295 g/mol. The van der Waals surface area contributed by atoms with Gasteiger partial charge in [-0.3, -0.25) is 4.68 Å². The van der Waals surface area contributed by atoms with Crippen LogP contribution in [-0.4, -0.2) is 20.0 Å². The third kappa shape index (κ3) is 2.39. The number of nitrogens with two attached hydrogens (primary N) is 1. The summed E-state index contributed by atoms with van der Waals surface area (Å²) in [5.41, 5.74) is 5.64. The van der Waals surface area contributed by atoms with Crippen LogP contribution in [0.2, 0.25) is 0 Å². The molecule has 2 N–H and O–H groups in total. The second kappa shape index (κ2) is 4.44. The molecule has 0 saturated carbocycles. The Kier molecular flexibility index (Phi) is 2.82. The Labute approximate surface area is 118 Å². The minimum atomic E-state index is -4.56. The summed E-state index contributed by atoms with van der Waals surface area (Å²) in [6.07, 6.45) is -2.79. The summed E-state index contributed by atoms with van der Waals surface area (Å²) in [4.78, 5) is 0. The summed E-state index contributed by atoms with van der Waals surface area (Å²) in [7, 11) is 1.77. The first kappa shape index (κ1) is 13.3. The number of alkyl halides is 3. The highest BCUT2D eigenvalue weighted by Gasteiger charge is 2.34. The summed E-state index contributed by atoms with van der Waals surface area (Å²) in [6, 6.07) is 5.98. The molecule has 21 heavy (non-hydrogen) atoms. The number of aromatic nitrogens is 4. The van der Waals surface area contributed by atoms with Crippen molar-refractivity contribution >= 4 is 16.7 Å². The van der Waals surface area contributed by atoms with Crippen molar-refractivity contribution < 1.29 is 14.6 Å². The van der Waals surface area contributed by atoms with Gasteiger partial charge in [-0.1, -0.05) is 6.07 Å². The number of hydrogen-bond acceptors (Lipinski definition) is 4. The minimum Gasteiger partial charge on any atom is -0.382 e. The van der Waals surface area contributed by atoms with Crippen LogP contribution in [-0.2, 0) is 13.2 Å². The number of hydrogen-bond donors (Lipinski definition) is 1. The predicted octanol–water partition coefficient (Wildman–Crippen LogP) is 2.88. The molecule has 0 fully saturated rings. The van der Waals surface area contributed by atoms with Crippen molar-refractivity contribution in [1.29, 1.82) is 0 Å². The number of rotatable bonds is 1. The molecule has 0 spiro atoms. The van der Waals surface area contributed by atoms with Crippen LogP contribution >= 0.6 is 0 Å². The van der Waals surface area contributed by atoms with Crippen molar-refractivity contribution in [2.45, 2.75) is 6.18 Å². The van der Waals surface area contributed by atoms with E-state index in [1.807, 2.05) is 0 Å². The molecule has 1 aromatic carbocycles. The number of aryl methyl sites for hydroxylation is 1. The molecule has 0 saturated heterocycles. The predicted molar refractivity (Wildman–Crippen MR) is 73.3 cm³/mol. The van der Waals surface area contributed by atoms with E-state index >= 15 is 0 Å². The van der Waals surface area contributed by atoms with Gasteiger partial charge in [-0.2, -0.15) is 18.3 Å². The van der Waals surface area contributed by atoms with Gasteiger partial charge in [0.25, 0.3) is 0 Å². The zero-order valence-corrected chi connectivity index (χ0v) is 10.9. The largest absolute Gasteiger partial charge is 0.420 e. The van der Waals surface area contributed by atoms with Gasteiger partial charge >= 0.3 is 6.18 Å². The van der Waals surface area contributed by atoms with Crippen LogP contribution in [0.25, 0.3) is 22.2 Å². The average Bonchev–Trinajstić information content (AvgIpc) is 2.77. The normalized spacial score (nSPS) is 12.0. The summed E-state index contributed by atoms with van der Waals surface area (Å²) in [6.45, 7) is 0. The maximum absolute atomic E-state index is 12.8. The van der Waals surface area contributed by atoms with Crippen LogP contribution in [0, 0.1) is 0 Å². The highest BCUT2D eigenvalue weighted by Crippen LogP contribution is 2.34. The van der Waals surface area contributed by atoms with Crippen LogP contribution in [0.1, 0.15) is 6.99 Å². The van der Waals surface area contributed by atoms with E-state index in [1.165, 1.54) is 0 Å². The van der Waals surface area contributed by atoms with Crippen molar-refractivity contribution in [1.82, 2.24) is 20.0 Å². The number of nitrogens with zero attached hydrogens (tertiary/aromatic N) is 4. The Bertz CT molecular complexity index is 828. The number of benzene rings is 1. The van der Waals surface area contributed by atoms with E-state index in [0.29, 0.717) is 5.56 Å². The maximum atomic E-state index is 12.8. The zero-order chi connectivity index (χ0) is 15.2. The number of anilines is 1. The third-order valence-corrected chi connectivity index (χ3v) is 3.04. The number of nitrogen functional groups attached to an aromatic ring is 1. The highest BCUT2D eigenvalue weighted by molar-refractivity contribution is 5.83. The van der Waals surface area contributed by atoms with E-state index in [-0.39, 0.29) is 7.12 Å². The molecule has 0 radical (unpaired) electrons. The van der Waals surface area contributed by atoms with Crippen molar-refractivity contribution in [2.24, 2.45) is 7.05 Å². The van der Waals surface area contributed by atoms with Gasteiger partial charge in [0, 0.05) is 25.6 Å². The van der Waals surface area contributed by atoms with Crippen LogP contribution in [0.15, 0.2) is 30.5 Å². The lowest BCUT2D eigenvalue weighted by Gasteiger charge is -2.10. The van der Waals surface area contributed by atoms with E-state index < -0.39 is 17.6 Å². The number of halogens is 3. The summed E-state index contributed by atoms with van der Waals surface area (Å²) in [5.74, 6) is -0.631. The molecule has 2 heterocycles. The topological polar surface area (TPSA) is 69.6 Å². The van der Waals surface area contributed by atoms with Crippen LogP contribution in [0.3, 0.4) is 0 Å². The van der Waals surface area contributed by atoms with Crippen molar-refractivity contribution in [3.63, 3.8) is 0 Å². The van der Waals surface area contributed by atoms with Crippen molar-refractivity contribution in [3.8, 4) is 11.3 Å². The fraction of sp³-hybridized carbons (Fsp3) is 0.154. The van der Waals surface area contributed by atoms with Gasteiger partial charge in [-0.25, -0.2) is 0 Å². The average molecular weight is 295 g/mol. The van der Waals surface area contributed by atoms with Crippen LogP contribution < -0.4 is 5.73 Å². The molecule has 0 aliphatic rings. The first-order chi connectivity index (χ1) is 9.84. The Morgan fingerprint density at radius 2 is 1.95 bits per heavy atom. The van der Waals surface area contributed by atoms with E-state index in [9.17, 15) is 13.2 Å². The molecule has 0 aliphatic heterocycles. The van der Waals surface area contributed by atoms with Gasteiger partial charge in [0.1, 0.15) is 5.56 Å². The molecular formula is C13H12F3N5. The van der Waals surface area contributed by atoms with Crippen molar-refractivity contribution in [3.05, 3.63) is 36.0 Å². The molecular weight excluding hydrogens is 283 g/mol. The second-order valence-corrected chi connectivity index (χ2v) is 4.60. The molecule has 0 unspecified atom stereocenters. The fourth-order valence-corrected chi connectivity index (χ4v) is 2.08. The highest BCUT2D eigenvalue weighted by atomic mass is 19.4. The summed E-state index contributed by atoms with van der Waals surface area (Å²) >= 11 is 0. The Morgan fingerprint density at radius 1 is 1.19 bits per heavy atom. The molecule has 0 aliphatic carbocycles. The Balaban J connectivity index is 0.00000176. The van der Waals surface area contributed by atoms with Gasteiger partial charge in [-0.15, -0.1) is 10.2 Å². The fourth-order valence-electron chi connectivity index (χ4n) is 2.08. The van der Waals surface area contributed by atoms with Crippen molar-refractivity contribution in [2.75, 3.05) is 5.73 Å². The van der Waals surface area contributed by atoms with E-state index in [1.54, 1.807) is 36.1 Å². The molecule has 3 rings (SSSR count). The van der Waals surface area contributed by atoms with Gasteiger partial charge in [-0.05, 0) is 18.2 Å². The van der Waals surface area contributed by atoms with Crippen LogP contribution in [0.4, 0.5) is 19.0 Å². The van der Waals surface area contributed by atoms with E-state index in [0.717, 1.165) is 17.0 Å². The first-order valence-corrected chi connectivity index (χ1v) is 5.99. The summed E-state index contributed by atoms with van der Waals surface area (Å²) in [5, 5.41) is 12.1. The maximum Gasteiger partial charge on any atom is 0.420 e. The van der Waals surface area contributed by atoms with Gasteiger partial charge < -0.3 is 5.73 Å². The lowest BCUT2D eigenvalue weighted by molar-refractivity contribution is -0.137. The second-order valence-electron chi connectivity index (χ2n) is 4.60. The van der Waals surface area contributed by atoms with Gasteiger partial charge in [0.2, 0.25) is 0 Å². The zero-order valence-electron chi connectivity index (χ0n) is 10.9. The molecule has 5 nitrogen and oxygen atoms in total. The smallest absolute Gasteiger partial charge is 0.382 e. The molecule has 8 heteroatoms. The molecule has 2 aromatic heterocycles. The molecule has 0 atom stereocenters. The molecule has 0 amide bonds. The Hall–Kier alpha value is -2.64. The molecule has 0 bridgehead atoms. The molecule has 3 aromatic rings. The van der Waals surface area contributed by atoms with Gasteiger partial charge in [0.05, 0.1) is 11.2 Å². The quantitative estimate of drug-likeness (QED) is 0.749. The van der Waals surface area contributed by atoms with E-state index in [4.69, 9.17) is 5.73 Å². The van der Waals surface area contributed by atoms with Gasteiger partial charge in [0.15, 0.2) is 5.82 Å². The van der Waals surface area contributed by atoms with Crippen LogP contribution in [0.5, 0.6) is 0 Å².